The van der Waals surface area contributed by atoms with Crippen LogP contribution < -0.4 is 14.8 Å². The highest BCUT2D eigenvalue weighted by molar-refractivity contribution is 5.75. The molecule has 5 nitrogen and oxygen atoms in total. The third-order valence-electron chi connectivity index (χ3n) is 4.94. The Kier molecular flexibility index (Phi) is 7.73. The van der Waals surface area contributed by atoms with E-state index in [9.17, 15) is 4.79 Å². The minimum atomic E-state index is 0.0447. The number of piperidine rings is 1. The zero-order valence-electron chi connectivity index (χ0n) is 16.6. The molecule has 1 heterocycles. The number of nitrogens with one attached hydrogen (secondary N) is 1. The van der Waals surface area contributed by atoms with Crippen molar-refractivity contribution in [1.82, 2.24) is 10.2 Å². The Bertz CT molecular complexity index is 710. The van der Waals surface area contributed by atoms with Gasteiger partial charge < -0.3 is 19.7 Å². The number of hydrogen-bond acceptors (Lipinski definition) is 4. The normalized spacial score (nSPS) is 15.2. The summed E-state index contributed by atoms with van der Waals surface area (Å²) in [5, 5.41) is 2.96. The highest BCUT2D eigenvalue weighted by Crippen LogP contribution is 2.19. The van der Waals surface area contributed by atoms with Crippen molar-refractivity contribution in [2.45, 2.75) is 38.3 Å². The first-order chi connectivity index (χ1) is 13.7. The van der Waals surface area contributed by atoms with Crippen LogP contribution in [0.2, 0.25) is 0 Å². The second-order valence-electron chi connectivity index (χ2n) is 7.31. The molecule has 1 N–H and O–H groups in total. The number of carbonyl (C=O) groups is 1. The molecule has 5 heteroatoms. The number of para-hydroxylation sites is 1. The topological polar surface area (TPSA) is 50.8 Å². The molecule has 1 aliphatic heterocycles. The molecule has 28 heavy (non-hydrogen) atoms. The van der Waals surface area contributed by atoms with Gasteiger partial charge in [0, 0.05) is 26.1 Å². The van der Waals surface area contributed by atoms with Crippen LogP contribution in [0.5, 0.6) is 11.5 Å². The van der Waals surface area contributed by atoms with Crippen LogP contribution in [0.1, 0.15) is 31.2 Å². The maximum atomic E-state index is 12.0. The summed E-state index contributed by atoms with van der Waals surface area (Å²) < 4.78 is 11.7. The summed E-state index contributed by atoms with van der Waals surface area (Å²) in [4.78, 5) is 14.3. The van der Waals surface area contributed by atoms with Gasteiger partial charge >= 0.3 is 0 Å². The molecule has 1 fully saturated rings. The van der Waals surface area contributed by atoms with Crippen molar-refractivity contribution in [2.75, 3.05) is 26.7 Å². The van der Waals surface area contributed by atoms with Crippen molar-refractivity contribution < 1.29 is 14.3 Å². The van der Waals surface area contributed by atoms with Gasteiger partial charge in [-0.3, -0.25) is 4.79 Å². The standard InChI is InChI=1S/C23H30N2O3/c1-25-15-13-22(14-16-25)28-21-11-9-19(10-12-21)18-24-23(26)8-5-17-27-20-6-3-2-4-7-20/h2-4,6-7,9-12,22H,5,8,13-18H2,1H3,(H,24,26). The lowest BCUT2D eigenvalue weighted by Crippen LogP contribution is -2.35. The third-order valence-corrected chi connectivity index (χ3v) is 4.94. The SMILES string of the molecule is CN1CCC(Oc2ccc(CNC(=O)CCCOc3ccccc3)cc2)CC1. The van der Waals surface area contributed by atoms with Crippen LogP contribution >= 0.6 is 0 Å². The van der Waals surface area contributed by atoms with Crippen molar-refractivity contribution in [2.24, 2.45) is 0 Å². The minimum Gasteiger partial charge on any atom is -0.494 e. The number of rotatable bonds is 9. The molecule has 3 rings (SSSR count). The zero-order chi connectivity index (χ0) is 19.6. The molecular formula is C23H30N2O3. The van der Waals surface area contributed by atoms with E-state index in [-0.39, 0.29) is 5.91 Å². The Hall–Kier alpha value is -2.53. The fraction of sp³-hybridized carbons (Fsp3) is 0.435. The van der Waals surface area contributed by atoms with E-state index in [1.54, 1.807) is 0 Å². The van der Waals surface area contributed by atoms with Crippen LogP contribution in [-0.4, -0.2) is 43.7 Å². The summed E-state index contributed by atoms with van der Waals surface area (Å²) in [6.45, 7) is 3.25. The van der Waals surface area contributed by atoms with Crippen LogP contribution in [0, 0.1) is 0 Å². The number of likely N-dealkylation sites (tertiary alicyclic amines) is 1. The molecule has 0 aliphatic carbocycles. The summed E-state index contributed by atoms with van der Waals surface area (Å²) in [5.41, 5.74) is 1.07. The monoisotopic (exact) mass is 382 g/mol. The summed E-state index contributed by atoms with van der Waals surface area (Å²) in [7, 11) is 2.15. The molecule has 0 unspecified atom stereocenters. The molecule has 150 valence electrons. The zero-order valence-corrected chi connectivity index (χ0v) is 16.6. The second kappa shape index (κ2) is 10.7. The summed E-state index contributed by atoms with van der Waals surface area (Å²) in [5.74, 6) is 1.79. The van der Waals surface area contributed by atoms with Gasteiger partial charge in [0.1, 0.15) is 17.6 Å². The number of benzene rings is 2. The fourth-order valence-electron chi connectivity index (χ4n) is 3.21. The molecule has 2 aromatic rings. The Morgan fingerprint density at radius 1 is 1.04 bits per heavy atom. The summed E-state index contributed by atoms with van der Waals surface area (Å²) in [6.07, 6.45) is 3.61. The first kappa shape index (κ1) is 20.2. The maximum absolute atomic E-state index is 12.0. The van der Waals surface area contributed by atoms with Crippen molar-refractivity contribution >= 4 is 5.91 Å². The van der Waals surface area contributed by atoms with E-state index < -0.39 is 0 Å². The first-order valence-electron chi connectivity index (χ1n) is 10.1. The molecule has 0 aromatic heterocycles. The van der Waals surface area contributed by atoms with Crippen LogP contribution in [0.4, 0.5) is 0 Å². The van der Waals surface area contributed by atoms with Gasteiger partial charge in [-0.05, 0) is 56.1 Å². The predicted octanol–water partition coefficient (Wildman–Crippen LogP) is 3.64. The number of nitrogens with zero attached hydrogens (tertiary/aromatic N) is 1. The minimum absolute atomic E-state index is 0.0447. The smallest absolute Gasteiger partial charge is 0.220 e. The molecule has 0 spiro atoms. The van der Waals surface area contributed by atoms with E-state index in [1.165, 1.54) is 0 Å². The van der Waals surface area contributed by atoms with Crippen molar-refractivity contribution in [1.29, 1.82) is 0 Å². The fourth-order valence-corrected chi connectivity index (χ4v) is 3.21. The number of carbonyl (C=O) groups excluding carboxylic acids is 1. The predicted molar refractivity (Wildman–Crippen MR) is 111 cm³/mol. The molecule has 0 atom stereocenters. The Morgan fingerprint density at radius 2 is 1.75 bits per heavy atom. The van der Waals surface area contributed by atoms with E-state index in [0.29, 0.717) is 32.1 Å². The van der Waals surface area contributed by atoms with E-state index in [0.717, 1.165) is 43.0 Å². The van der Waals surface area contributed by atoms with Crippen molar-refractivity contribution in [3.05, 3.63) is 60.2 Å². The van der Waals surface area contributed by atoms with Gasteiger partial charge in [-0.25, -0.2) is 0 Å². The van der Waals surface area contributed by atoms with Gasteiger partial charge in [0.15, 0.2) is 0 Å². The Balaban J connectivity index is 1.31. The maximum Gasteiger partial charge on any atom is 0.220 e. The van der Waals surface area contributed by atoms with E-state index in [2.05, 4.69) is 17.3 Å². The molecular weight excluding hydrogens is 352 g/mol. The van der Waals surface area contributed by atoms with Crippen LogP contribution in [-0.2, 0) is 11.3 Å². The highest BCUT2D eigenvalue weighted by Gasteiger charge is 2.17. The van der Waals surface area contributed by atoms with E-state index in [4.69, 9.17) is 9.47 Å². The quantitative estimate of drug-likeness (QED) is 0.673. The molecule has 1 amide bonds. The second-order valence-corrected chi connectivity index (χ2v) is 7.31. The van der Waals surface area contributed by atoms with Gasteiger partial charge in [0.05, 0.1) is 6.61 Å². The van der Waals surface area contributed by atoms with E-state index >= 15 is 0 Å². The largest absolute Gasteiger partial charge is 0.494 e. The molecule has 2 aromatic carbocycles. The van der Waals surface area contributed by atoms with Crippen LogP contribution in [0.15, 0.2) is 54.6 Å². The third kappa shape index (κ3) is 6.89. The molecule has 0 bridgehead atoms. The Labute approximate surface area is 167 Å². The van der Waals surface area contributed by atoms with Crippen molar-refractivity contribution in [3.63, 3.8) is 0 Å². The van der Waals surface area contributed by atoms with Gasteiger partial charge in [0.25, 0.3) is 0 Å². The number of amides is 1. The van der Waals surface area contributed by atoms with Crippen LogP contribution in [0.3, 0.4) is 0 Å². The van der Waals surface area contributed by atoms with Gasteiger partial charge in [-0.15, -0.1) is 0 Å². The summed E-state index contributed by atoms with van der Waals surface area (Å²) >= 11 is 0. The average Bonchev–Trinajstić information content (AvgIpc) is 2.73. The lowest BCUT2D eigenvalue weighted by atomic mass is 10.1. The van der Waals surface area contributed by atoms with E-state index in [1.807, 2.05) is 54.6 Å². The molecule has 0 radical (unpaired) electrons. The molecule has 1 saturated heterocycles. The lowest BCUT2D eigenvalue weighted by molar-refractivity contribution is -0.121. The lowest BCUT2D eigenvalue weighted by Gasteiger charge is -2.29. The van der Waals surface area contributed by atoms with Gasteiger partial charge in [-0.1, -0.05) is 30.3 Å². The number of hydrogen-bond donors (Lipinski definition) is 1. The average molecular weight is 383 g/mol. The van der Waals surface area contributed by atoms with Crippen molar-refractivity contribution in [3.8, 4) is 11.5 Å². The summed E-state index contributed by atoms with van der Waals surface area (Å²) in [6, 6.07) is 17.7. The highest BCUT2D eigenvalue weighted by atomic mass is 16.5. The van der Waals surface area contributed by atoms with Gasteiger partial charge in [0.2, 0.25) is 5.91 Å². The molecule has 1 aliphatic rings. The van der Waals surface area contributed by atoms with Crippen LogP contribution in [0.25, 0.3) is 0 Å². The molecule has 0 saturated carbocycles. The van der Waals surface area contributed by atoms with Gasteiger partial charge in [-0.2, -0.15) is 0 Å². The number of ether oxygens (including phenoxy) is 2. The first-order valence-corrected chi connectivity index (χ1v) is 10.1. The Morgan fingerprint density at radius 3 is 2.46 bits per heavy atom.